The molecule has 2 atom stereocenters. The number of benzene rings is 4. The van der Waals surface area contributed by atoms with Gasteiger partial charge in [-0.1, -0.05) is 72.3 Å². The van der Waals surface area contributed by atoms with Crippen LogP contribution >= 0.6 is 0 Å². The number of fused-ring (bicyclic) bond motifs is 4. The van der Waals surface area contributed by atoms with E-state index in [4.69, 9.17) is 0 Å². The molecule has 4 aromatic carbocycles. The molecule has 2 N–H and O–H groups in total. The van der Waals surface area contributed by atoms with Crippen LogP contribution < -0.4 is 10.2 Å². The number of para-hydroxylation sites is 2. The molecule has 1 unspecified atom stereocenters. The van der Waals surface area contributed by atoms with Crippen molar-refractivity contribution in [2.24, 2.45) is 0 Å². The Labute approximate surface area is 241 Å². The zero-order chi connectivity index (χ0) is 29.0. The monoisotopic (exact) mass is 558 g/mol. The SMILES string of the molecule is Cc1ccc(C2c3[nH]c4ccccc4c3C[C@@H]3C(=O)N(c4ccccc4C(=O)NCc4ccc(F)cc4)C(=O)N23)cc1. The fourth-order valence-corrected chi connectivity index (χ4v) is 6.13. The molecule has 0 radical (unpaired) electrons. The number of carbonyl (C=O) groups excluding carboxylic acids is 3. The number of anilines is 1. The van der Waals surface area contributed by atoms with Gasteiger partial charge >= 0.3 is 6.03 Å². The van der Waals surface area contributed by atoms with Gasteiger partial charge in [0.1, 0.15) is 17.9 Å². The van der Waals surface area contributed by atoms with Gasteiger partial charge in [0, 0.05) is 29.6 Å². The summed E-state index contributed by atoms with van der Waals surface area (Å²) in [5, 5.41) is 3.86. The van der Waals surface area contributed by atoms with E-state index in [1.807, 2.05) is 55.5 Å². The van der Waals surface area contributed by atoms with Crippen molar-refractivity contribution < 1.29 is 18.8 Å². The maximum Gasteiger partial charge on any atom is 0.332 e. The van der Waals surface area contributed by atoms with Crippen LogP contribution in [-0.2, 0) is 17.8 Å². The molecule has 2 aliphatic rings. The third-order valence-electron chi connectivity index (χ3n) is 8.20. The van der Waals surface area contributed by atoms with Gasteiger partial charge < -0.3 is 10.3 Å². The fourth-order valence-electron chi connectivity index (χ4n) is 6.13. The van der Waals surface area contributed by atoms with Gasteiger partial charge in [-0.05, 0) is 53.9 Å². The molecular weight excluding hydrogens is 531 g/mol. The number of aromatic nitrogens is 1. The first-order chi connectivity index (χ1) is 20.4. The zero-order valence-corrected chi connectivity index (χ0v) is 22.8. The Hall–Kier alpha value is -5.24. The Morgan fingerprint density at radius 3 is 2.43 bits per heavy atom. The first kappa shape index (κ1) is 25.7. The van der Waals surface area contributed by atoms with Crippen molar-refractivity contribution in [3.63, 3.8) is 0 Å². The van der Waals surface area contributed by atoms with E-state index in [0.29, 0.717) is 6.42 Å². The zero-order valence-electron chi connectivity index (χ0n) is 22.8. The summed E-state index contributed by atoms with van der Waals surface area (Å²) in [6.07, 6.45) is 0.363. The summed E-state index contributed by atoms with van der Waals surface area (Å²) in [6.45, 7) is 2.17. The highest BCUT2D eigenvalue weighted by Crippen LogP contribution is 2.45. The van der Waals surface area contributed by atoms with Gasteiger partial charge in [0.05, 0.1) is 11.3 Å². The van der Waals surface area contributed by atoms with E-state index in [1.165, 1.54) is 12.1 Å². The summed E-state index contributed by atoms with van der Waals surface area (Å²) in [7, 11) is 0. The molecule has 208 valence electrons. The molecule has 0 bridgehead atoms. The van der Waals surface area contributed by atoms with E-state index in [0.717, 1.165) is 43.8 Å². The van der Waals surface area contributed by atoms with E-state index >= 15 is 0 Å². The molecule has 7 nitrogen and oxygen atoms in total. The van der Waals surface area contributed by atoms with Crippen LogP contribution in [0.4, 0.5) is 14.9 Å². The van der Waals surface area contributed by atoms with E-state index in [-0.39, 0.29) is 29.5 Å². The van der Waals surface area contributed by atoms with Gasteiger partial charge in [-0.25, -0.2) is 14.1 Å². The fraction of sp³-hybridized carbons (Fsp3) is 0.147. The Morgan fingerprint density at radius 1 is 0.929 bits per heavy atom. The van der Waals surface area contributed by atoms with Crippen molar-refractivity contribution in [2.75, 3.05) is 4.90 Å². The lowest BCUT2D eigenvalue weighted by Crippen LogP contribution is -2.44. The number of carbonyl (C=O) groups is 3. The Morgan fingerprint density at radius 2 is 1.64 bits per heavy atom. The largest absolute Gasteiger partial charge is 0.356 e. The predicted molar refractivity (Wildman–Crippen MR) is 158 cm³/mol. The summed E-state index contributed by atoms with van der Waals surface area (Å²) in [5.41, 5.74) is 6.02. The highest BCUT2D eigenvalue weighted by atomic mass is 19.1. The number of hydrogen-bond acceptors (Lipinski definition) is 3. The Kier molecular flexibility index (Phi) is 6.12. The van der Waals surface area contributed by atoms with Gasteiger partial charge in [-0.3, -0.25) is 14.5 Å². The third kappa shape index (κ3) is 4.15. The second-order valence-electron chi connectivity index (χ2n) is 10.8. The molecule has 42 heavy (non-hydrogen) atoms. The number of rotatable bonds is 5. The summed E-state index contributed by atoms with van der Waals surface area (Å²) in [5.74, 6) is -1.17. The molecule has 1 saturated heterocycles. The van der Waals surface area contributed by atoms with Gasteiger partial charge in [-0.15, -0.1) is 0 Å². The van der Waals surface area contributed by atoms with Gasteiger partial charge in [-0.2, -0.15) is 0 Å². The van der Waals surface area contributed by atoms with E-state index in [9.17, 15) is 18.8 Å². The molecule has 1 aromatic heterocycles. The van der Waals surface area contributed by atoms with Crippen molar-refractivity contribution in [3.05, 3.63) is 136 Å². The van der Waals surface area contributed by atoms with E-state index < -0.39 is 24.0 Å². The Balaban J connectivity index is 1.27. The minimum atomic E-state index is -0.731. The molecule has 7 rings (SSSR count). The maximum atomic E-state index is 14.3. The summed E-state index contributed by atoms with van der Waals surface area (Å²) in [6, 6.07) is 26.7. The summed E-state index contributed by atoms with van der Waals surface area (Å²) in [4.78, 5) is 48.1. The highest BCUT2D eigenvalue weighted by molar-refractivity contribution is 6.24. The van der Waals surface area contributed by atoms with E-state index in [1.54, 1.807) is 41.3 Å². The standard InChI is InChI=1S/C34H27FN4O3/c1-20-10-14-22(15-11-20)31-30-26(24-6-2-4-8-27(24)37-30)18-29-33(41)39(34(42)38(29)31)28-9-5-3-7-25(28)32(40)36-19-21-12-16-23(35)17-13-21/h2-17,29,31,37H,18-19H2,1H3,(H,36,40)/t29-,31?/m1/s1. The average Bonchev–Trinajstić information content (AvgIpc) is 3.50. The lowest BCUT2D eigenvalue weighted by atomic mass is 9.88. The number of imide groups is 1. The van der Waals surface area contributed by atoms with Crippen molar-refractivity contribution in [2.45, 2.75) is 32.0 Å². The normalized spacial score (nSPS) is 17.9. The predicted octanol–water partition coefficient (Wildman–Crippen LogP) is 6.03. The molecule has 0 aliphatic carbocycles. The number of urea groups is 1. The van der Waals surface area contributed by atoms with Gasteiger partial charge in [0.25, 0.3) is 11.8 Å². The maximum absolute atomic E-state index is 14.3. The van der Waals surface area contributed by atoms with Crippen LogP contribution in [0.2, 0.25) is 0 Å². The molecule has 8 heteroatoms. The number of nitrogens with one attached hydrogen (secondary N) is 2. The molecule has 2 aliphatic heterocycles. The number of nitrogens with zero attached hydrogens (tertiary/aromatic N) is 2. The molecule has 4 amide bonds. The molecule has 5 aromatic rings. The van der Waals surface area contributed by atoms with E-state index in [2.05, 4.69) is 10.3 Å². The summed E-state index contributed by atoms with van der Waals surface area (Å²) < 4.78 is 13.3. The smallest absolute Gasteiger partial charge is 0.332 e. The minimum Gasteiger partial charge on any atom is -0.356 e. The van der Waals surface area contributed by atoms with Crippen LogP contribution in [0.3, 0.4) is 0 Å². The minimum absolute atomic E-state index is 0.168. The first-order valence-electron chi connectivity index (χ1n) is 13.8. The lowest BCUT2D eigenvalue weighted by molar-refractivity contribution is -0.120. The summed E-state index contributed by atoms with van der Waals surface area (Å²) >= 11 is 0. The lowest BCUT2D eigenvalue weighted by Gasteiger charge is -2.36. The van der Waals surface area contributed by atoms with Crippen molar-refractivity contribution >= 4 is 34.4 Å². The van der Waals surface area contributed by atoms with Crippen LogP contribution in [-0.4, -0.2) is 33.8 Å². The van der Waals surface area contributed by atoms with Crippen molar-refractivity contribution in [1.29, 1.82) is 0 Å². The number of aryl methyl sites for hydroxylation is 1. The number of aromatic amines is 1. The van der Waals surface area contributed by atoms with Crippen LogP contribution in [0.5, 0.6) is 0 Å². The number of halogens is 1. The van der Waals surface area contributed by atoms with Crippen LogP contribution in [0.15, 0.2) is 97.1 Å². The molecule has 0 spiro atoms. The molecular formula is C34H27FN4O3. The third-order valence-corrected chi connectivity index (χ3v) is 8.20. The van der Waals surface area contributed by atoms with Gasteiger partial charge in [0.15, 0.2) is 0 Å². The quantitative estimate of drug-likeness (QED) is 0.259. The molecule has 1 fully saturated rings. The van der Waals surface area contributed by atoms with Gasteiger partial charge in [0.2, 0.25) is 0 Å². The first-order valence-corrected chi connectivity index (χ1v) is 13.8. The average molecular weight is 559 g/mol. The molecule has 0 saturated carbocycles. The molecule has 3 heterocycles. The van der Waals surface area contributed by atoms with Crippen LogP contribution in [0.1, 0.15) is 44.3 Å². The van der Waals surface area contributed by atoms with Crippen LogP contribution in [0.25, 0.3) is 10.9 Å². The number of H-pyrrole nitrogens is 1. The topological polar surface area (TPSA) is 85.5 Å². The second kappa shape index (κ2) is 9.99. The number of amides is 4. The van der Waals surface area contributed by atoms with Crippen molar-refractivity contribution in [1.82, 2.24) is 15.2 Å². The highest BCUT2D eigenvalue weighted by Gasteiger charge is 2.53. The van der Waals surface area contributed by atoms with Crippen LogP contribution in [0, 0.1) is 12.7 Å². The van der Waals surface area contributed by atoms with Crippen molar-refractivity contribution in [3.8, 4) is 0 Å². The Bertz CT molecular complexity index is 1860. The number of hydrogen-bond donors (Lipinski definition) is 2. The second-order valence-corrected chi connectivity index (χ2v) is 10.8.